The van der Waals surface area contributed by atoms with E-state index in [-0.39, 0.29) is 49.2 Å². The van der Waals surface area contributed by atoms with Crippen LogP contribution in [-0.2, 0) is 33.4 Å². The van der Waals surface area contributed by atoms with Gasteiger partial charge in [0.25, 0.3) is 5.91 Å². The van der Waals surface area contributed by atoms with Crippen LogP contribution >= 0.6 is 15.9 Å². The highest BCUT2D eigenvalue weighted by Gasteiger charge is 2.77. The normalized spacial score (nSPS) is 26.3. The number of aliphatic hydroxyl groups is 1. The van der Waals surface area contributed by atoms with Crippen molar-refractivity contribution in [3.8, 4) is 0 Å². The number of carbonyl (C=O) groups excluding carboxylic acids is 4. The quantitative estimate of drug-likeness (QED) is 0.134. The smallest absolute Gasteiger partial charge is 0.313 e. The molecule has 3 amide bonds. The van der Waals surface area contributed by atoms with E-state index in [1.54, 1.807) is 29.2 Å². The Morgan fingerprint density at radius 3 is 2.54 bits per heavy atom. The second-order valence-electron chi connectivity index (χ2n) is 13.9. The molecule has 0 aromatic heterocycles. The fourth-order valence-electron chi connectivity index (χ4n) is 8.14. The van der Waals surface area contributed by atoms with Gasteiger partial charge in [0, 0.05) is 30.6 Å². The van der Waals surface area contributed by atoms with Crippen molar-refractivity contribution in [2.45, 2.75) is 87.2 Å². The van der Waals surface area contributed by atoms with Crippen molar-refractivity contribution in [1.82, 2.24) is 10.2 Å². The van der Waals surface area contributed by atoms with Crippen molar-refractivity contribution in [3.63, 3.8) is 0 Å². The van der Waals surface area contributed by atoms with E-state index in [1.807, 2.05) is 57.2 Å². The van der Waals surface area contributed by atoms with Gasteiger partial charge in [-0.3, -0.25) is 19.2 Å². The number of carbonyl (C=O) groups is 4. The first-order valence-electron chi connectivity index (χ1n) is 17.9. The molecule has 5 rings (SSSR count). The minimum absolute atomic E-state index is 0.0428. The molecule has 0 aliphatic carbocycles. The van der Waals surface area contributed by atoms with E-state index in [4.69, 9.17) is 14.2 Å². The number of ether oxygens (including phenoxy) is 3. The van der Waals surface area contributed by atoms with Crippen molar-refractivity contribution < 1.29 is 38.5 Å². The number of alkyl halides is 1. The van der Waals surface area contributed by atoms with Gasteiger partial charge < -0.3 is 34.4 Å². The predicted octanol–water partition coefficient (Wildman–Crippen LogP) is 4.72. The fourth-order valence-corrected chi connectivity index (χ4v) is 9.09. The Morgan fingerprint density at radius 1 is 1.17 bits per heavy atom. The summed E-state index contributed by atoms with van der Waals surface area (Å²) in [6, 6.07) is 12.3. The molecule has 2 bridgehead atoms. The highest BCUT2D eigenvalue weighted by Crippen LogP contribution is 2.61. The summed E-state index contributed by atoms with van der Waals surface area (Å²) in [5.41, 5.74) is 1.74. The number of aliphatic hydroxyl groups excluding tert-OH is 1. The Labute approximate surface area is 314 Å². The summed E-state index contributed by atoms with van der Waals surface area (Å²) >= 11 is 3.74. The van der Waals surface area contributed by atoms with Crippen LogP contribution in [0.4, 0.5) is 5.69 Å². The molecule has 1 unspecified atom stereocenters. The number of fused-ring (bicyclic) bond motifs is 1. The third-order valence-electron chi connectivity index (χ3n) is 10.5. The van der Waals surface area contributed by atoms with Crippen molar-refractivity contribution in [3.05, 3.63) is 90.5 Å². The monoisotopic (exact) mass is 779 g/mol. The van der Waals surface area contributed by atoms with Gasteiger partial charge in [0.15, 0.2) is 0 Å². The molecule has 9 atom stereocenters. The number of amides is 3. The van der Waals surface area contributed by atoms with Gasteiger partial charge in [-0.2, -0.15) is 0 Å². The molecular weight excluding hydrogens is 730 g/mol. The molecule has 2 aromatic rings. The van der Waals surface area contributed by atoms with Crippen molar-refractivity contribution in [2.24, 2.45) is 11.8 Å². The average molecular weight is 781 g/mol. The number of aryl methyl sites for hydroxylation is 2. The van der Waals surface area contributed by atoms with E-state index in [0.717, 1.165) is 11.1 Å². The second-order valence-corrected chi connectivity index (χ2v) is 15.1. The van der Waals surface area contributed by atoms with Gasteiger partial charge in [-0.1, -0.05) is 77.5 Å². The lowest BCUT2D eigenvalue weighted by Crippen LogP contribution is -2.59. The number of hydrogen-bond acceptors (Lipinski definition) is 8. The molecule has 3 saturated heterocycles. The molecule has 2 aromatic carbocycles. The highest BCUT2D eigenvalue weighted by atomic mass is 79.9. The first-order valence-corrected chi connectivity index (χ1v) is 18.8. The van der Waals surface area contributed by atoms with Crippen LogP contribution in [0.5, 0.6) is 0 Å². The number of hydrogen-bond donors (Lipinski definition) is 2. The molecular formula is C40H50BrN3O8. The van der Waals surface area contributed by atoms with Crippen LogP contribution in [0.1, 0.15) is 55.4 Å². The summed E-state index contributed by atoms with van der Waals surface area (Å²) in [5, 5.41) is 13.5. The van der Waals surface area contributed by atoms with Gasteiger partial charge in [-0.15, -0.1) is 13.2 Å². The van der Waals surface area contributed by atoms with Gasteiger partial charge in [0.05, 0.1) is 43.2 Å². The van der Waals surface area contributed by atoms with Gasteiger partial charge in [0.1, 0.15) is 17.7 Å². The van der Waals surface area contributed by atoms with Crippen LogP contribution in [0.2, 0.25) is 0 Å². The summed E-state index contributed by atoms with van der Waals surface area (Å²) in [4.78, 5) is 60.0. The molecule has 1 spiro atoms. The van der Waals surface area contributed by atoms with Crippen LogP contribution in [0.25, 0.3) is 0 Å². The Balaban J connectivity index is 1.56. The lowest BCUT2D eigenvalue weighted by molar-refractivity contribution is -0.163. The number of nitrogens with one attached hydrogen (secondary N) is 1. The first-order chi connectivity index (χ1) is 25.0. The maximum absolute atomic E-state index is 15.0. The Kier molecular flexibility index (Phi) is 12.8. The molecule has 3 aliphatic rings. The molecule has 0 saturated carbocycles. The average Bonchev–Trinajstić information content (AvgIpc) is 3.73. The van der Waals surface area contributed by atoms with Gasteiger partial charge in [-0.05, 0) is 55.9 Å². The third kappa shape index (κ3) is 7.35. The van der Waals surface area contributed by atoms with E-state index in [0.29, 0.717) is 24.1 Å². The number of anilines is 1. The summed E-state index contributed by atoms with van der Waals surface area (Å²) < 4.78 is 18.6. The maximum Gasteiger partial charge on any atom is 0.313 e. The predicted molar refractivity (Wildman–Crippen MR) is 201 cm³/mol. The van der Waals surface area contributed by atoms with Crippen molar-refractivity contribution >= 4 is 45.3 Å². The Morgan fingerprint density at radius 2 is 1.90 bits per heavy atom. The molecule has 12 heteroatoms. The number of halogens is 1. The summed E-state index contributed by atoms with van der Waals surface area (Å²) in [5.74, 6) is -3.90. The molecule has 3 aliphatic heterocycles. The van der Waals surface area contributed by atoms with E-state index in [2.05, 4.69) is 34.4 Å². The summed E-state index contributed by atoms with van der Waals surface area (Å²) in [6.07, 6.45) is 2.87. The molecule has 2 N–H and O–H groups in total. The Hall–Kier alpha value is -3.84. The molecule has 280 valence electrons. The van der Waals surface area contributed by atoms with Crippen molar-refractivity contribution in [1.29, 1.82) is 0 Å². The number of methoxy groups -OCH3 is 1. The van der Waals surface area contributed by atoms with E-state index >= 15 is 4.79 Å². The van der Waals surface area contributed by atoms with Crippen molar-refractivity contribution in [2.75, 3.05) is 31.8 Å². The second kappa shape index (κ2) is 16.9. The topological polar surface area (TPSA) is 135 Å². The zero-order valence-corrected chi connectivity index (χ0v) is 31.9. The van der Waals surface area contributed by atoms with E-state index in [9.17, 15) is 19.5 Å². The van der Waals surface area contributed by atoms with E-state index < -0.39 is 59.6 Å². The van der Waals surface area contributed by atoms with Gasteiger partial charge >= 0.3 is 5.97 Å². The molecule has 3 fully saturated rings. The zero-order valence-electron chi connectivity index (χ0n) is 30.3. The maximum atomic E-state index is 15.0. The number of nitrogens with zero attached hydrogens (tertiary/aromatic N) is 2. The lowest BCUT2D eigenvalue weighted by Gasteiger charge is -2.39. The molecule has 0 radical (unpaired) electrons. The molecule has 3 heterocycles. The minimum Gasteiger partial charge on any atom is -0.455 e. The largest absolute Gasteiger partial charge is 0.455 e. The summed E-state index contributed by atoms with van der Waals surface area (Å²) in [6.45, 7) is 13.1. The van der Waals surface area contributed by atoms with Crippen LogP contribution in [-0.4, -0.2) is 95.2 Å². The number of allylic oxidation sites excluding steroid dienone is 1. The number of rotatable bonds is 17. The minimum atomic E-state index is -1.39. The standard InChI is InChI=1S/C40H50BrN3O8/c1-7-10-16-31(46)42-29(23-50-6)34(26-14-12-11-13-15-26)51-39(49)32-33-37(47)44(27(9-3)22-45)36(40(33)21-28(41)35(32)52-40)38(48)43(19-8-2)30-20-24(4)17-18-25(30)5/h7-8,11-15,17-18,20,27-29,32-36,45H,1-2,9-10,16,19,21-23H2,3-6H3,(H,42,46)/t27-,28?,29+,32-,33+,34+,35-,36-,40+/m0/s1. The number of benzene rings is 2. The fraction of sp³-hybridized carbons (Fsp3) is 0.500. The molecule has 52 heavy (non-hydrogen) atoms. The molecule has 11 nitrogen and oxygen atoms in total. The van der Waals surface area contributed by atoms with E-state index in [1.165, 1.54) is 12.0 Å². The third-order valence-corrected chi connectivity index (χ3v) is 11.4. The zero-order chi connectivity index (χ0) is 37.7. The van der Waals surface area contributed by atoms with Gasteiger partial charge in [0.2, 0.25) is 11.8 Å². The summed E-state index contributed by atoms with van der Waals surface area (Å²) in [7, 11) is 1.50. The lowest BCUT2D eigenvalue weighted by atomic mass is 9.70. The SMILES string of the molecule is C=CCCC(=O)N[C@H](COC)[C@H](OC(=O)[C@@H]1[C@H]2O[C@@]3(CC2Br)[C@H](C(=O)N(CC=C)c2cc(C)ccc2C)N([C@@H](CC)CO)C(=O)[C@@H]13)c1ccccc1. The number of esters is 1. The van der Waals surface area contributed by atoms with Crippen LogP contribution in [0.3, 0.4) is 0 Å². The Bertz CT molecular complexity index is 1650. The van der Waals surface area contributed by atoms with Crippen LogP contribution < -0.4 is 10.2 Å². The van der Waals surface area contributed by atoms with Crippen LogP contribution in [0.15, 0.2) is 73.8 Å². The first kappa shape index (κ1) is 39.4. The van der Waals surface area contributed by atoms with Gasteiger partial charge in [-0.25, -0.2) is 0 Å². The van der Waals surface area contributed by atoms with Crippen LogP contribution in [0, 0.1) is 25.7 Å². The highest BCUT2D eigenvalue weighted by molar-refractivity contribution is 9.09. The number of likely N-dealkylation sites (tertiary alicyclic amines) is 1.